The SMILES string of the molecule is COc1cccc(C(=O)Nc2ccc(NC(=O)NCc3ccco3)cc2)c1. The average molecular weight is 365 g/mol. The van der Waals surface area contributed by atoms with Crippen molar-refractivity contribution in [3.8, 4) is 5.75 Å². The molecule has 1 heterocycles. The van der Waals surface area contributed by atoms with E-state index >= 15 is 0 Å². The lowest BCUT2D eigenvalue weighted by Gasteiger charge is -2.09. The number of amides is 3. The molecule has 3 aromatic rings. The predicted molar refractivity (Wildman–Crippen MR) is 102 cm³/mol. The summed E-state index contributed by atoms with van der Waals surface area (Å²) in [5.41, 5.74) is 1.71. The number of nitrogens with one attached hydrogen (secondary N) is 3. The molecule has 0 aliphatic rings. The Kier molecular flexibility index (Phi) is 5.73. The monoisotopic (exact) mass is 365 g/mol. The van der Waals surface area contributed by atoms with Gasteiger partial charge >= 0.3 is 6.03 Å². The second-order valence-electron chi connectivity index (χ2n) is 5.65. The van der Waals surface area contributed by atoms with Crippen molar-refractivity contribution < 1.29 is 18.7 Å². The van der Waals surface area contributed by atoms with Gasteiger partial charge in [-0.25, -0.2) is 4.79 Å². The van der Waals surface area contributed by atoms with Gasteiger partial charge in [-0.15, -0.1) is 0 Å². The third kappa shape index (κ3) is 5.12. The van der Waals surface area contributed by atoms with Gasteiger partial charge in [0.05, 0.1) is 19.9 Å². The summed E-state index contributed by atoms with van der Waals surface area (Å²) < 4.78 is 10.3. The number of rotatable bonds is 6. The largest absolute Gasteiger partial charge is 0.497 e. The smallest absolute Gasteiger partial charge is 0.319 e. The molecule has 27 heavy (non-hydrogen) atoms. The molecule has 0 fully saturated rings. The highest BCUT2D eigenvalue weighted by Gasteiger charge is 2.08. The molecule has 3 N–H and O–H groups in total. The second kappa shape index (κ2) is 8.57. The Morgan fingerprint density at radius 3 is 2.37 bits per heavy atom. The van der Waals surface area contributed by atoms with Crippen LogP contribution in [0, 0.1) is 0 Å². The van der Waals surface area contributed by atoms with Gasteiger partial charge in [-0.3, -0.25) is 4.79 Å². The Hall–Kier alpha value is -3.74. The van der Waals surface area contributed by atoms with Crippen LogP contribution in [0.4, 0.5) is 16.2 Å². The molecule has 7 heteroatoms. The Bertz CT molecular complexity index is 905. The first-order valence-corrected chi connectivity index (χ1v) is 8.27. The summed E-state index contributed by atoms with van der Waals surface area (Å²) >= 11 is 0. The fourth-order valence-corrected chi connectivity index (χ4v) is 2.36. The minimum absolute atomic E-state index is 0.245. The molecule has 0 spiro atoms. The van der Waals surface area contributed by atoms with E-state index in [1.54, 1.807) is 74.0 Å². The van der Waals surface area contributed by atoms with E-state index in [2.05, 4.69) is 16.0 Å². The quantitative estimate of drug-likeness (QED) is 0.618. The Morgan fingerprint density at radius 2 is 1.70 bits per heavy atom. The van der Waals surface area contributed by atoms with E-state index in [0.717, 1.165) is 0 Å². The van der Waals surface area contributed by atoms with Crippen LogP contribution in [-0.2, 0) is 6.54 Å². The third-order valence-electron chi connectivity index (χ3n) is 3.74. The lowest BCUT2D eigenvalue weighted by Crippen LogP contribution is -2.27. The highest BCUT2D eigenvalue weighted by atomic mass is 16.5. The molecule has 0 radical (unpaired) electrons. The number of carbonyl (C=O) groups is 2. The summed E-state index contributed by atoms with van der Waals surface area (Å²) in [5, 5.41) is 8.20. The summed E-state index contributed by atoms with van der Waals surface area (Å²) in [6.45, 7) is 0.299. The molecule has 1 aromatic heterocycles. The van der Waals surface area contributed by atoms with Crippen molar-refractivity contribution in [3.63, 3.8) is 0 Å². The molecule has 0 bridgehead atoms. The normalized spacial score (nSPS) is 10.1. The summed E-state index contributed by atoms with van der Waals surface area (Å²) in [6, 6.07) is 16.9. The van der Waals surface area contributed by atoms with Crippen LogP contribution in [0.15, 0.2) is 71.3 Å². The van der Waals surface area contributed by atoms with Gasteiger partial charge in [0.1, 0.15) is 11.5 Å². The van der Waals surface area contributed by atoms with E-state index in [1.165, 1.54) is 0 Å². The van der Waals surface area contributed by atoms with Crippen LogP contribution >= 0.6 is 0 Å². The van der Waals surface area contributed by atoms with Crippen molar-refractivity contribution in [3.05, 3.63) is 78.3 Å². The molecule has 2 aromatic carbocycles. The van der Waals surface area contributed by atoms with Crippen molar-refractivity contribution in [1.29, 1.82) is 0 Å². The molecule has 0 aliphatic carbocycles. The number of anilines is 2. The van der Waals surface area contributed by atoms with E-state index < -0.39 is 0 Å². The van der Waals surface area contributed by atoms with Gasteiger partial charge in [-0.1, -0.05) is 6.07 Å². The molecular formula is C20H19N3O4. The third-order valence-corrected chi connectivity index (χ3v) is 3.74. The Balaban J connectivity index is 1.53. The van der Waals surface area contributed by atoms with E-state index in [1.807, 2.05) is 0 Å². The zero-order chi connectivity index (χ0) is 19.1. The molecule has 0 saturated carbocycles. The summed E-state index contributed by atoms with van der Waals surface area (Å²) in [4.78, 5) is 24.2. The van der Waals surface area contributed by atoms with E-state index in [0.29, 0.717) is 35.0 Å². The van der Waals surface area contributed by atoms with Crippen molar-refractivity contribution >= 4 is 23.3 Å². The van der Waals surface area contributed by atoms with Crippen molar-refractivity contribution in [2.75, 3.05) is 17.7 Å². The summed E-state index contributed by atoms with van der Waals surface area (Å²) in [7, 11) is 1.55. The first kappa shape index (κ1) is 18.1. The Morgan fingerprint density at radius 1 is 0.963 bits per heavy atom. The molecule has 138 valence electrons. The number of ether oxygens (including phenoxy) is 1. The number of benzene rings is 2. The molecule has 0 saturated heterocycles. The first-order chi connectivity index (χ1) is 13.1. The van der Waals surface area contributed by atoms with Gasteiger partial charge in [-0.05, 0) is 54.6 Å². The fourth-order valence-electron chi connectivity index (χ4n) is 2.36. The van der Waals surface area contributed by atoms with Gasteiger partial charge in [0, 0.05) is 16.9 Å². The molecule has 0 aliphatic heterocycles. The van der Waals surface area contributed by atoms with Crippen LogP contribution in [0.5, 0.6) is 5.75 Å². The lowest BCUT2D eigenvalue weighted by molar-refractivity contribution is 0.102. The zero-order valence-corrected chi connectivity index (χ0v) is 14.7. The molecule has 0 atom stereocenters. The second-order valence-corrected chi connectivity index (χ2v) is 5.65. The highest BCUT2D eigenvalue weighted by molar-refractivity contribution is 6.04. The predicted octanol–water partition coefficient (Wildman–Crippen LogP) is 3.86. The van der Waals surface area contributed by atoms with Gasteiger partial charge < -0.3 is 25.1 Å². The highest BCUT2D eigenvalue weighted by Crippen LogP contribution is 2.17. The van der Waals surface area contributed by atoms with E-state index in [9.17, 15) is 9.59 Å². The van der Waals surface area contributed by atoms with Crippen LogP contribution in [0.25, 0.3) is 0 Å². The summed E-state index contributed by atoms with van der Waals surface area (Å²) in [5.74, 6) is 1.04. The van der Waals surface area contributed by atoms with Gasteiger partial charge in [-0.2, -0.15) is 0 Å². The maximum absolute atomic E-state index is 12.3. The minimum Gasteiger partial charge on any atom is -0.497 e. The molecule has 3 rings (SSSR count). The van der Waals surface area contributed by atoms with Gasteiger partial charge in [0.2, 0.25) is 0 Å². The topological polar surface area (TPSA) is 92.6 Å². The van der Waals surface area contributed by atoms with Crippen LogP contribution in [0.1, 0.15) is 16.1 Å². The summed E-state index contributed by atoms with van der Waals surface area (Å²) in [6.07, 6.45) is 1.55. The first-order valence-electron chi connectivity index (χ1n) is 8.27. The number of carbonyl (C=O) groups excluding carboxylic acids is 2. The standard InChI is InChI=1S/C20H19N3O4/c1-26-17-5-2-4-14(12-17)19(24)22-15-7-9-16(10-8-15)23-20(25)21-13-18-6-3-11-27-18/h2-12H,13H2,1H3,(H,22,24)(H2,21,23,25). The lowest BCUT2D eigenvalue weighted by atomic mass is 10.2. The van der Waals surface area contributed by atoms with E-state index in [4.69, 9.17) is 9.15 Å². The molecule has 0 unspecified atom stereocenters. The van der Waals surface area contributed by atoms with Crippen molar-refractivity contribution in [1.82, 2.24) is 5.32 Å². The maximum Gasteiger partial charge on any atom is 0.319 e. The van der Waals surface area contributed by atoms with Gasteiger partial charge in [0.25, 0.3) is 5.91 Å². The maximum atomic E-state index is 12.3. The molecule has 3 amide bonds. The fraction of sp³-hybridized carbons (Fsp3) is 0.100. The van der Waals surface area contributed by atoms with Crippen LogP contribution in [0.2, 0.25) is 0 Å². The Labute approximate surface area is 156 Å². The number of methoxy groups -OCH3 is 1. The zero-order valence-electron chi connectivity index (χ0n) is 14.7. The number of furan rings is 1. The van der Waals surface area contributed by atoms with Crippen LogP contribution in [0.3, 0.4) is 0 Å². The molecular weight excluding hydrogens is 346 g/mol. The van der Waals surface area contributed by atoms with Crippen LogP contribution < -0.4 is 20.7 Å². The van der Waals surface area contributed by atoms with Crippen molar-refractivity contribution in [2.45, 2.75) is 6.54 Å². The minimum atomic E-state index is -0.348. The number of hydrogen-bond donors (Lipinski definition) is 3. The molecule has 7 nitrogen and oxygen atoms in total. The number of hydrogen-bond acceptors (Lipinski definition) is 4. The van der Waals surface area contributed by atoms with Crippen LogP contribution in [-0.4, -0.2) is 19.0 Å². The average Bonchev–Trinajstić information content (AvgIpc) is 3.21. The van der Waals surface area contributed by atoms with E-state index in [-0.39, 0.29) is 11.9 Å². The van der Waals surface area contributed by atoms with Crippen molar-refractivity contribution in [2.24, 2.45) is 0 Å². The van der Waals surface area contributed by atoms with Gasteiger partial charge in [0.15, 0.2) is 0 Å². The number of urea groups is 1.